The Hall–Kier alpha value is 2.87. The molecule has 0 aromatic rings. The van der Waals surface area contributed by atoms with E-state index in [2.05, 4.69) is 60.0 Å². The maximum atomic E-state index is 14.3. The van der Waals surface area contributed by atoms with Gasteiger partial charge in [-0.3, -0.25) is 4.79 Å². The first kappa shape index (κ1) is 94.5. The van der Waals surface area contributed by atoms with E-state index < -0.39 is 49.3 Å². The van der Waals surface area contributed by atoms with E-state index in [9.17, 15) is 26.7 Å². The molecule has 8 rings (SSSR count). The molecular weight excluding hydrogens is 1320 g/mol. The minimum absolute atomic E-state index is 0. The van der Waals surface area contributed by atoms with Gasteiger partial charge in [-0.15, -0.1) is 19.7 Å². The molecule has 4 radical (unpaired) electrons. The fourth-order valence-corrected chi connectivity index (χ4v) is 9.13. The Bertz CT molecular complexity index is 1620. The Morgan fingerprint density at radius 1 is 0.513 bits per heavy atom. The van der Waals surface area contributed by atoms with E-state index in [1.165, 1.54) is 101 Å². The van der Waals surface area contributed by atoms with Gasteiger partial charge in [-0.1, -0.05) is 87.8 Å². The molecule has 3 heterocycles. The summed E-state index contributed by atoms with van der Waals surface area (Å²) in [6.07, 6.45) is 22.6. The molecule has 3 aliphatic heterocycles. The van der Waals surface area contributed by atoms with Crippen molar-refractivity contribution in [3.63, 3.8) is 0 Å². The number of allylic oxidation sites excluding steroid dienone is 2. The number of alkyl halides is 5. The Balaban J connectivity index is -0.000000157. The first-order chi connectivity index (χ1) is 32.0. The number of ketones is 1. The average molecular weight is 1430 g/mol. The molecule has 5 saturated carbocycles. The summed E-state index contributed by atoms with van der Waals surface area (Å²) in [4.78, 5) is 10.5. The van der Waals surface area contributed by atoms with Crippen LogP contribution in [0.5, 0.6) is 0 Å². The first-order valence-corrected chi connectivity index (χ1v) is 30.0. The van der Waals surface area contributed by atoms with Crippen LogP contribution in [0.25, 0.3) is 0 Å². The van der Waals surface area contributed by atoms with Crippen LogP contribution in [0.1, 0.15) is 212 Å². The summed E-state index contributed by atoms with van der Waals surface area (Å²) < 4.78 is 98.3. The zero-order chi connectivity index (χ0) is 53.8. The van der Waals surface area contributed by atoms with E-state index >= 15 is 0 Å². The summed E-state index contributed by atoms with van der Waals surface area (Å²) in [6.45, 7) is 41.6. The maximum Gasteiger partial charge on any atom is 0.487 e. The molecule has 78 heavy (non-hydrogen) atoms. The molecule has 0 bridgehead atoms. The van der Waals surface area contributed by atoms with Gasteiger partial charge in [0.1, 0.15) is 5.78 Å². The predicted octanol–water partition coefficient (Wildman–Crippen LogP) is 18.4. The second-order valence-corrected chi connectivity index (χ2v) is 29.5. The van der Waals surface area contributed by atoms with Crippen LogP contribution in [0.2, 0.25) is 25.5 Å². The standard InChI is InChI=1S/C14H23BF2O2.C13H23BO2.C8H15BO2.C7H12.C6H10O.C4H9F3Si.C2H4.4CH3.4Y/c1-11(2)12(3,4)19-15(18-11)10-13(14(10,16)17)8-6-5-7-9-13;1-12(2)13(3,4)16-14(15-12)10-11-8-6-5-7-9-11;1-6-9-10-7(2,3)8(4,5)11-9;1-7-5-3-2-4-6-7;7-6-4-2-1-3-5-6;1-8(2,3)4(5,6)7;1-2;;;;;;;;/h10H,5-9H2,1-4H3;10H,5-9H2,1-4H3;6H,1H2,2-5H3;1-6H2;1-5H2;1-3H3;1-2H2;4*1H3;;;;/q;;;;;;;4*-1;;;;. The van der Waals surface area contributed by atoms with E-state index in [0.717, 1.165) is 44.9 Å². The summed E-state index contributed by atoms with van der Waals surface area (Å²) in [5, 5.41) is 0. The molecule has 446 valence electrons. The van der Waals surface area contributed by atoms with Gasteiger partial charge in [0, 0.05) is 149 Å². The van der Waals surface area contributed by atoms with Crippen molar-refractivity contribution in [1.29, 1.82) is 0 Å². The molecule has 5 aliphatic carbocycles. The first-order valence-electron chi connectivity index (χ1n) is 26.5. The van der Waals surface area contributed by atoms with Crippen molar-refractivity contribution >= 4 is 35.2 Å². The Morgan fingerprint density at radius 3 is 1.05 bits per heavy atom. The van der Waals surface area contributed by atoms with E-state index in [-0.39, 0.29) is 197 Å². The van der Waals surface area contributed by atoms with Crippen LogP contribution in [0.15, 0.2) is 49.4 Å². The van der Waals surface area contributed by atoms with E-state index in [1.54, 1.807) is 5.98 Å². The fourth-order valence-electron chi connectivity index (χ4n) is 9.13. The minimum atomic E-state index is -3.92. The van der Waals surface area contributed by atoms with Gasteiger partial charge in [0.2, 0.25) is 0 Å². The molecule has 8 aliphatic rings. The topological polar surface area (TPSA) is 72.5 Å². The summed E-state index contributed by atoms with van der Waals surface area (Å²) in [6, 6.07) is 0. The number of halogens is 5. The molecule has 1 spiro atoms. The van der Waals surface area contributed by atoms with Crippen LogP contribution in [0, 0.1) is 35.1 Å². The zero-order valence-electron chi connectivity index (χ0n) is 53.0. The van der Waals surface area contributed by atoms with E-state index in [1.807, 2.05) is 55.4 Å². The average Bonchev–Trinajstić information content (AvgIpc) is 3.34. The summed E-state index contributed by atoms with van der Waals surface area (Å²) in [5.41, 5.74) is 0.228. The molecule has 0 aromatic carbocycles. The monoisotopic (exact) mass is 1430 g/mol. The predicted molar refractivity (Wildman–Crippen MR) is 310 cm³/mol. The van der Waals surface area contributed by atoms with Gasteiger partial charge in [-0.05, 0) is 160 Å². The van der Waals surface area contributed by atoms with Crippen molar-refractivity contribution < 1.29 is 186 Å². The number of rotatable bonds is 3. The number of carbonyl (C=O) groups excluding carboxylic acids is 1. The molecule has 0 amide bonds. The Kier molecular flexibility index (Phi) is 48.1. The molecule has 0 N–H and O–H groups in total. The van der Waals surface area contributed by atoms with Gasteiger partial charge in [-0.2, -0.15) is 13.2 Å². The molecule has 1 atom stereocenters. The smallest absolute Gasteiger partial charge is 0.403 e. The molecular formula is C58H108B3F5O7SiY4-4. The summed E-state index contributed by atoms with van der Waals surface area (Å²) in [7, 11) is -4.00. The quantitative estimate of drug-likeness (QED) is 0.121. The van der Waals surface area contributed by atoms with Gasteiger partial charge >= 0.3 is 27.2 Å². The molecule has 7 nitrogen and oxygen atoms in total. The number of hydrogen-bond acceptors (Lipinski definition) is 7. The van der Waals surface area contributed by atoms with Crippen LogP contribution < -0.4 is 0 Å². The van der Waals surface area contributed by atoms with E-state index in [4.69, 9.17) is 27.9 Å². The normalized spacial score (nSPS) is 24.3. The van der Waals surface area contributed by atoms with Crippen molar-refractivity contribution in [1.82, 2.24) is 0 Å². The van der Waals surface area contributed by atoms with Gasteiger partial charge < -0.3 is 57.6 Å². The molecule has 20 heteroatoms. The van der Waals surface area contributed by atoms with Crippen molar-refractivity contribution in [2.75, 3.05) is 0 Å². The molecule has 8 fully saturated rings. The van der Waals surface area contributed by atoms with Crippen LogP contribution in [-0.2, 0) is 164 Å². The SMILES string of the molecule is C=C.C=C1CCCCC1.C=CB1OC(C)(C)C(C)(C)O1.CC1(C)OB(C2C(F)(F)C23CCCCC3)OC1(C)C.CC1(C)OB(C=C2CCCCC2)OC1(C)C.C[Si](C)(C)C(F)(F)F.O=C1CCCCC1.[CH3-].[CH3-].[CH3-].[CH3-].[Y].[Y].[Y].[Y]. The Labute approximate surface area is 580 Å². The Morgan fingerprint density at radius 2 is 0.795 bits per heavy atom. The maximum absolute atomic E-state index is 14.3. The number of Topliss-reactive ketones (excluding diaryl/α,β-unsaturated/α-hetero) is 1. The largest absolute Gasteiger partial charge is 0.487 e. The third-order valence-corrected chi connectivity index (χ3v) is 18.0. The molecule has 3 saturated heterocycles. The van der Waals surface area contributed by atoms with E-state index in [0.29, 0.717) is 18.6 Å². The summed E-state index contributed by atoms with van der Waals surface area (Å²) in [5.74, 6) is -2.94. The minimum Gasteiger partial charge on any atom is -0.403 e. The van der Waals surface area contributed by atoms with Gasteiger partial charge in [-0.25, -0.2) is 8.78 Å². The third kappa shape index (κ3) is 27.5. The molecule has 1 unspecified atom stereocenters. The summed E-state index contributed by atoms with van der Waals surface area (Å²) >= 11 is 0. The zero-order valence-corrected chi connectivity index (χ0v) is 65.3. The van der Waals surface area contributed by atoms with Crippen molar-refractivity contribution in [2.45, 2.75) is 282 Å². The second kappa shape index (κ2) is 39.7. The second-order valence-electron chi connectivity index (χ2n) is 24.5. The van der Waals surface area contributed by atoms with Crippen molar-refractivity contribution in [2.24, 2.45) is 5.41 Å². The van der Waals surface area contributed by atoms with Crippen LogP contribution in [0.4, 0.5) is 22.0 Å². The van der Waals surface area contributed by atoms with Gasteiger partial charge in [0.25, 0.3) is 5.92 Å². The molecule has 0 aromatic heterocycles. The van der Waals surface area contributed by atoms with Gasteiger partial charge in [0.15, 0.2) is 8.07 Å². The number of hydrogen-bond donors (Lipinski definition) is 0. The van der Waals surface area contributed by atoms with Crippen LogP contribution in [0.3, 0.4) is 0 Å². The van der Waals surface area contributed by atoms with Crippen molar-refractivity contribution in [3.05, 3.63) is 79.1 Å². The van der Waals surface area contributed by atoms with Crippen LogP contribution >= 0.6 is 0 Å². The van der Waals surface area contributed by atoms with Crippen LogP contribution in [-0.4, -0.2) is 80.5 Å². The fraction of sp³-hybridized carbons (Fsp3) is 0.776. The number of carbonyl (C=O) groups is 1. The van der Waals surface area contributed by atoms with Crippen molar-refractivity contribution in [3.8, 4) is 0 Å². The third-order valence-electron chi connectivity index (χ3n) is 16.3. The van der Waals surface area contributed by atoms with Gasteiger partial charge in [0.05, 0.1) is 39.4 Å².